The van der Waals surface area contributed by atoms with Gasteiger partial charge in [0.05, 0.1) is 0 Å². The van der Waals surface area contributed by atoms with E-state index < -0.39 is 11.9 Å². The third-order valence-corrected chi connectivity index (χ3v) is 2.47. The largest absolute Gasteiger partial charge is 0.382 e. The Balaban J connectivity index is 2.21. The molecular formula is C11H18N2O4. The maximum atomic E-state index is 11.5. The molecule has 1 aliphatic rings. The van der Waals surface area contributed by atoms with Gasteiger partial charge in [-0.2, -0.15) is 0 Å². The van der Waals surface area contributed by atoms with Gasteiger partial charge in [0.2, 0.25) is 17.7 Å². The number of rotatable bonds is 6. The van der Waals surface area contributed by atoms with Crippen molar-refractivity contribution in [3.8, 4) is 0 Å². The summed E-state index contributed by atoms with van der Waals surface area (Å²) in [5, 5.41) is 4.80. The van der Waals surface area contributed by atoms with Crippen LogP contribution >= 0.6 is 0 Å². The number of piperidine rings is 1. The molecule has 0 aromatic carbocycles. The monoisotopic (exact) mass is 242 g/mol. The smallest absolute Gasteiger partial charge is 0.249 e. The maximum absolute atomic E-state index is 11.5. The fourth-order valence-corrected chi connectivity index (χ4v) is 1.58. The van der Waals surface area contributed by atoms with E-state index in [1.807, 2.05) is 6.92 Å². The van der Waals surface area contributed by atoms with Crippen molar-refractivity contribution in [1.29, 1.82) is 0 Å². The molecule has 1 saturated heterocycles. The van der Waals surface area contributed by atoms with Crippen molar-refractivity contribution in [2.75, 3.05) is 13.2 Å². The van der Waals surface area contributed by atoms with Crippen LogP contribution in [0.2, 0.25) is 0 Å². The van der Waals surface area contributed by atoms with Gasteiger partial charge in [-0.15, -0.1) is 0 Å². The molecule has 0 bridgehead atoms. The van der Waals surface area contributed by atoms with Gasteiger partial charge in [0.15, 0.2) is 0 Å². The van der Waals surface area contributed by atoms with E-state index in [0.29, 0.717) is 32.5 Å². The van der Waals surface area contributed by atoms with Crippen LogP contribution in [0.15, 0.2) is 0 Å². The van der Waals surface area contributed by atoms with Crippen LogP contribution in [-0.2, 0) is 19.1 Å². The molecule has 3 amide bonds. The Bertz CT molecular complexity index is 304. The lowest BCUT2D eigenvalue weighted by Gasteiger charge is -2.21. The Hall–Kier alpha value is -1.43. The van der Waals surface area contributed by atoms with Gasteiger partial charge in [0, 0.05) is 26.1 Å². The van der Waals surface area contributed by atoms with E-state index >= 15 is 0 Å². The Morgan fingerprint density at radius 3 is 2.94 bits per heavy atom. The van der Waals surface area contributed by atoms with Crippen LogP contribution in [0.3, 0.4) is 0 Å². The van der Waals surface area contributed by atoms with Crippen LogP contribution in [-0.4, -0.2) is 37.0 Å². The summed E-state index contributed by atoms with van der Waals surface area (Å²) in [5.74, 6) is -0.879. The zero-order valence-corrected chi connectivity index (χ0v) is 9.95. The number of nitrogens with one attached hydrogen (secondary N) is 2. The van der Waals surface area contributed by atoms with Crippen LogP contribution in [0.5, 0.6) is 0 Å². The lowest BCUT2D eigenvalue weighted by atomic mass is 10.1. The first-order valence-electron chi connectivity index (χ1n) is 5.84. The van der Waals surface area contributed by atoms with Gasteiger partial charge in [-0.05, 0) is 19.8 Å². The van der Waals surface area contributed by atoms with Crippen molar-refractivity contribution in [2.45, 2.75) is 38.6 Å². The average molecular weight is 242 g/mol. The molecule has 6 heteroatoms. The van der Waals surface area contributed by atoms with Crippen LogP contribution in [0.4, 0.5) is 0 Å². The fraction of sp³-hybridized carbons (Fsp3) is 0.727. The Kier molecular flexibility index (Phi) is 5.62. The standard InChI is InChI=1S/C11H18N2O4/c1-2-17-7-3-4-9(14)12-8-5-6-10(15)13-11(8)16/h8H,2-7H2,1H3,(H,12,14)(H,13,15,16). The number of carbonyl (C=O) groups excluding carboxylic acids is 3. The average Bonchev–Trinajstić information content (AvgIpc) is 2.28. The van der Waals surface area contributed by atoms with Gasteiger partial charge >= 0.3 is 0 Å². The molecule has 0 aliphatic carbocycles. The lowest BCUT2D eigenvalue weighted by Crippen LogP contribution is -2.52. The molecule has 17 heavy (non-hydrogen) atoms. The third-order valence-electron chi connectivity index (χ3n) is 2.47. The minimum absolute atomic E-state index is 0.181. The molecule has 0 radical (unpaired) electrons. The molecular weight excluding hydrogens is 224 g/mol. The zero-order chi connectivity index (χ0) is 12.7. The molecule has 0 saturated carbocycles. The van der Waals surface area contributed by atoms with Crippen molar-refractivity contribution in [3.63, 3.8) is 0 Å². The van der Waals surface area contributed by atoms with Gasteiger partial charge in [0.1, 0.15) is 6.04 Å². The van der Waals surface area contributed by atoms with Crippen LogP contribution in [0.1, 0.15) is 32.6 Å². The van der Waals surface area contributed by atoms with E-state index in [-0.39, 0.29) is 18.2 Å². The summed E-state index contributed by atoms with van der Waals surface area (Å²) >= 11 is 0. The number of hydrogen-bond donors (Lipinski definition) is 2. The van der Waals surface area contributed by atoms with Crippen LogP contribution < -0.4 is 10.6 Å². The van der Waals surface area contributed by atoms with E-state index in [9.17, 15) is 14.4 Å². The molecule has 1 atom stereocenters. The van der Waals surface area contributed by atoms with Crippen molar-refractivity contribution in [1.82, 2.24) is 10.6 Å². The Morgan fingerprint density at radius 2 is 2.29 bits per heavy atom. The van der Waals surface area contributed by atoms with Crippen molar-refractivity contribution >= 4 is 17.7 Å². The third kappa shape index (κ3) is 4.95. The zero-order valence-electron chi connectivity index (χ0n) is 9.95. The predicted octanol–water partition coefficient (Wildman–Crippen LogP) is -0.275. The predicted molar refractivity (Wildman–Crippen MR) is 60.0 cm³/mol. The molecule has 1 unspecified atom stereocenters. The van der Waals surface area contributed by atoms with E-state index in [2.05, 4.69) is 10.6 Å². The van der Waals surface area contributed by atoms with Gasteiger partial charge in [-0.1, -0.05) is 0 Å². The molecule has 0 aromatic rings. The summed E-state index contributed by atoms with van der Waals surface area (Å²) in [4.78, 5) is 33.7. The summed E-state index contributed by atoms with van der Waals surface area (Å²) in [5.41, 5.74) is 0. The first-order chi connectivity index (χ1) is 8.13. The lowest BCUT2D eigenvalue weighted by molar-refractivity contribution is -0.137. The quantitative estimate of drug-likeness (QED) is 0.496. The summed E-state index contributed by atoms with van der Waals surface area (Å²) in [7, 11) is 0. The van der Waals surface area contributed by atoms with E-state index in [0.717, 1.165) is 0 Å². The summed E-state index contributed by atoms with van der Waals surface area (Å²) in [6, 6.07) is -0.577. The summed E-state index contributed by atoms with van der Waals surface area (Å²) in [6.45, 7) is 3.07. The van der Waals surface area contributed by atoms with Crippen LogP contribution in [0.25, 0.3) is 0 Å². The second-order valence-electron chi connectivity index (χ2n) is 3.87. The first kappa shape index (κ1) is 13.6. The first-order valence-corrected chi connectivity index (χ1v) is 5.84. The minimum atomic E-state index is -0.577. The van der Waals surface area contributed by atoms with E-state index in [1.54, 1.807) is 0 Å². The SMILES string of the molecule is CCOCCCC(=O)NC1CCC(=O)NC1=O. The second kappa shape index (κ2) is 7.01. The number of ether oxygens (including phenoxy) is 1. The number of imide groups is 1. The Morgan fingerprint density at radius 1 is 1.53 bits per heavy atom. The van der Waals surface area contributed by atoms with Gasteiger partial charge < -0.3 is 10.1 Å². The Labute approximate surface area is 100 Å². The van der Waals surface area contributed by atoms with Crippen molar-refractivity contribution in [3.05, 3.63) is 0 Å². The molecule has 2 N–H and O–H groups in total. The minimum Gasteiger partial charge on any atom is -0.382 e. The molecule has 0 spiro atoms. The molecule has 1 aliphatic heterocycles. The summed E-state index contributed by atoms with van der Waals surface area (Å²) in [6.07, 6.45) is 1.61. The molecule has 1 heterocycles. The normalized spacial score (nSPS) is 19.9. The topological polar surface area (TPSA) is 84.5 Å². The number of carbonyl (C=O) groups is 3. The molecule has 0 aromatic heterocycles. The highest BCUT2D eigenvalue weighted by Gasteiger charge is 2.27. The molecule has 1 fully saturated rings. The van der Waals surface area contributed by atoms with Gasteiger partial charge in [0.25, 0.3) is 0 Å². The highest BCUT2D eigenvalue weighted by Crippen LogP contribution is 2.04. The second-order valence-corrected chi connectivity index (χ2v) is 3.87. The molecule has 1 rings (SSSR count). The highest BCUT2D eigenvalue weighted by molar-refractivity contribution is 6.01. The van der Waals surface area contributed by atoms with Crippen LogP contribution in [0, 0.1) is 0 Å². The fourth-order valence-electron chi connectivity index (χ4n) is 1.58. The number of hydrogen-bond acceptors (Lipinski definition) is 4. The maximum Gasteiger partial charge on any atom is 0.249 e. The van der Waals surface area contributed by atoms with Gasteiger partial charge in [-0.25, -0.2) is 0 Å². The van der Waals surface area contributed by atoms with Crippen molar-refractivity contribution in [2.24, 2.45) is 0 Å². The van der Waals surface area contributed by atoms with Crippen molar-refractivity contribution < 1.29 is 19.1 Å². The number of amides is 3. The van der Waals surface area contributed by atoms with E-state index in [4.69, 9.17) is 4.74 Å². The summed E-state index contributed by atoms with van der Waals surface area (Å²) < 4.78 is 5.11. The molecule has 96 valence electrons. The van der Waals surface area contributed by atoms with Gasteiger partial charge in [-0.3, -0.25) is 19.7 Å². The van der Waals surface area contributed by atoms with E-state index in [1.165, 1.54) is 0 Å². The molecule has 6 nitrogen and oxygen atoms in total. The highest BCUT2D eigenvalue weighted by atomic mass is 16.5.